The minimum atomic E-state index is 1.08. The summed E-state index contributed by atoms with van der Waals surface area (Å²) in [6.45, 7) is 0. The lowest BCUT2D eigenvalue weighted by molar-refractivity contribution is 1.13. The lowest BCUT2D eigenvalue weighted by Gasteiger charge is -2.29. The molecule has 4 heteroatoms. The van der Waals surface area contributed by atoms with Gasteiger partial charge in [0.05, 0.1) is 11.2 Å². The summed E-state index contributed by atoms with van der Waals surface area (Å²) in [6, 6.07) is 93.1. The molecule has 0 aliphatic heterocycles. The first kappa shape index (κ1) is 38.3. The molecular formula is C60H44N4. The standard InChI is InChI=1S/C60H44N4/c1-5-18-49(19-6-1)61-43-42-48-44-57(40-41-59(48)61)63(52-24-11-4-12-25-52)53-32-28-45(29-33-53)46-30-34-55(35-31-46)64(60-27-15-17-47-16-13-14-26-58(47)60)56-38-36-54(37-39-56)62(50-20-7-2-8-21-50)51-22-9-3-10-23-51/h1-44H. The molecule has 1 aromatic heterocycles. The third-order valence-corrected chi connectivity index (χ3v) is 12.0. The predicted molar refractivity (Wildman–Crippen MR) is 270 cm³/mol. The van der Waals surface area contributed by atoms with Gasteiger partial charge in [-0.05, 0) is 144 Å². The summed E-state index contributed by atoms with van der Waals surface area (Å²) in [7, 11) is 0. The van der Waals surface area contributed by atoms with E-state index in [1.54, 1.807) is 0 Å². The van der Waals surface area contributed by atoms with Crippen LogP contribution in [-0.2, 0) is 0 Å². The summed E-state index contributed by atoms with van der Waals surface area (Å²) in [5.41, 5.74) is 14.5. The van der Waals surface area contributed by atoms with E-state index in [-0.39, 0.29) is 0 Å². The minimum absolute atomic E-state index is 1.08. The van der Waals surface area contributed by atoms with Gasteiger partial charge in [0.1, 0.15) is 0 Å². The van der Waals surface area contributed by atoms with E-state index in [0.29, 0.717) is 0 Å². The van der Waals surface area contributed by atoms with Crippen molar-refractivity contribution in [3.8, 4) is 16.8 Å². The fraction of sp³-hybridized carbons (Fsp3) is 0. The first-order valence-corrected chi connectivity index (χ1v) is 21.8. The largest absolute Gasteiger partial charge is 0.317 e. The summed E-state index contributed by atoms with van der Waals surface area (Å²) >= 11 is 0. The Morgan fingerprint density at radius 1 is 0.266 bits per heavy atom. The fourth-order valence-corrected chi connectivity index (χ4v) is 8.90. The van der Waals surface area contributed by atoms with E-state index >= 15 is 0 Å². The number of hydrogen-bond donors (Lipinski definition) is 0. The molecule has 0 saturated carbocycles. The monoisotopic (exact) mass is 820 g/mol. The van der Waals surface area contributed by atoms with Crippen LogP contribution in [0.1, 0.15) is 0 Å². The topological polar surface area (TPSA) is 14.7 Å². The van der Waals surface area contributed by atoms with Crippen molar-refractivity contribution < 1.29 is 0 Å². The van der Waals surface area contributed by atoms with E-state index in [1.165, 1.54) is 21.7 Å². The fourth-order valence-electron chi connectivity index (χ4n) is 8.90. The number of para-hydroxylation sites is 4. The average Bonchev–Trinajstić information content (AvgIpc) is 3.80. The van der Waals surface area contributed by atoms with Crippen LogP contribution in [0.15, 0.2) is 267 Å². The Morgan fingerprint density at radius 2 is 0.672 bits per heavy atom. The highest BCUT2D eigenvalue weighted by Crippen LogP contribution is 2.43. The summed E-state index contributed by atoms with van der Waals surface area (Å²) in [5.74, 6) is 0. The van der Waals surface area contributed by atoms with Crippen LogP contribution in [0.25, 0.3) is 38.5 Å². The van der Waals surface area contributed by atoms with Crippen molar-refractivity contribution in [3.05, 3.63) is 267 Å². The molecule has 11 aromatic rings. The molecule has 10 aromatic carbocycles. The van der Waals surface area contributed by atoms with Crippen LogP contribution in [0, 0.1) is 0 Å². The molecule has 64 heavy (non-hydrogen) atoms. The molecule has 0 amide bonds. The second-order valence-corrected chi connectivity index (χ2v) is 15.9. The van der Waals surface area contributed by atoms with E-state index in [2.05, 4.69) is 286 Å². The van der Waals surface area contributed by atoms with Gasteiger partial charge in [-0.2, -0.15) is 0 Å². The first-order chi connectivity index (χ1) is 31.7. The van der Waals surface area contributed by atoms with Gasteiger partial charge in [0.2, 0.25) is 0 Å². The van der Waals surface area contributed by atoms with E-state index in [9.17, 15) is 0 Å². The van der Waals surface area contributed by atoms with Crippen LogP contribution in [0.5, 0.6) is 0 Å². The molecule has 0 fully saturated rings. The Hall–Kier alpha value is -8.60. The van der Waals surface area contributed by atoms with Crippen molar-refractivity contribution in [3.63, 3.8) is 0 Å². The van der Waals surface area contributed by atoms with Crippen molar-refractivity contribution in [2.75, 3.05) is 14.7 Å². The number of nitrogens with zero attached hydrogens (tertiary/aromatic N) is 4. The lowest BCUT2D eigenvalue weighted by Crippen LogP contribution is -2.12. The van der Waals surface area contributed by atoms with Gasteiger partial charge in [0.25, 0.3) is 0 Å². The van der Waals surface area contributed by atoms with Crippen molar-refractivity contribution in [2.24, 2.45) is 0 Å². The van der Waals surface area contributed by atoms with Gasteiger partial charge in [-0.1, -0.05) is 133 Å². The molecule has 0 atom stereocenters. The number of rotatable bonds is 11. The number of benzene rings is 10. The number of fused-ring (bicyclic) bond motifs is 2. The summed E-state index contributed by atoms with van der Waals surface area (Å²) in [5, 5.41) is 3.58. The maximum atomic E-state index is 2.37. The smallest absolute Gasteiger partial charge is 0.0540 e. The van der Waals surface area contributed by atoms with Gasteiger partial charge in [-0.25, -0.2) is 0 Å². The van der Waals surface area contributed by atoms with Gasteiger partial charge in [0, 0.05) is 68.2 Å². The normalized spacial score (nSPS) is 11.1. The predicted octanol–water partition coefficient (Wildman–Crippen LogP) is 16.9. The summed E-state index contributed by atoms with van der Waals surface area (Å²) in [4.78, 5) is 7.00. The summed E-state index contributed by atoms with van der Waals surface area (Å²) in [6.07, 6.45) is 2.15. The molecular weight excluding hydrogens is 777 g/mol. The van der Waals surface area contributed by atoms with Gasteiger partial charge in [-0.15, -0.1) is 0 Å². The summed E-state index contributed by atoms with van der Waals surface area (Å²) < 4.78 is 2.25. The Labute approximate surface area is 374 Å². The Kier molecular flexibility index (Phi) is 10.2. The van der Waals surface area contributed by atoms with Crippen LogP contribution in [0.3, 0.4) is 0 Å². The molecule has 11 rings (SSSR count). The molecule has 0 aliphatic rings. The average molecular weight is 821 g/mol. The zero-order valence-electron chi connectivity index (χ0n) is 35.2. The van der Waals surface area contributed by atoms with E-state index in [4.69, 9.17) is 0 Å². The Bertz CT molecular complexity index is 3250. The van der Waals surface area contributed by atoms with E-state index in [1.807, 2.05) is 0 Å². The third kappa shape index (κ3) is 7.44. The zero-order chi connectivity index (χ0) is 42.7. The Balaban J connectivity index is 0.927. The maximum absolute atomic E-state index is 2.37. The van der Waals surface area contributed by atoms with E-state index in [0.717, 1.165) is 68.0 Å². The molecule has 0 N–H and O–H groups in total. The quantitative estimate of drug-likeness (QED) is 0.129. The first-order valence-electron chi connectivity index (χ1n) is 21.8. The van der Waals surface area contributed by atoms with Crippen LogP contribution < -0.4 is 14.7 Å². The zero-order valence-corrected chi connectivity index (χ0v) is 35.2. The van der Waals surface area contributed by atoms with Crippen molar-refractivity contribution in [2.45, 2.75) is 0 Å². The lowest BCUT2D eigenvalue weighted by atomic mass is 10.0. The van der Waals surface area contributed by atoms with Crippen LogP contribution in [0.2, 0.25) is 0 Å². The number of aromatic nitrogens is 1. The number of hydrogen-bond acceptors (Lipinski definition) is 3. The molecule has 4 nitrogen and oxygen atoms in total. The molecule has 0 saturated heterocycles. The van der Waals surface area contributed by atoms with Gasteiger partial charge >= 0.3 is 0 Å². The van der Waals surface area contributed by atoms with Gasteiger partial charge in [-0.3, -0.25) is 0 Å². The molecule has 0 aliphatic carbocycles. The maximum Gasteiger partial charge on any atom is 0.0540 e. The second-order valence-electron chi connectivity index (χ2n) is 15.9. The highest BCUT2D eigenvalue weighted by molar-refractivity contribution is 5.99. The highest BCUT2D eigenvalue weighted by atomic mass is 15.2. The second kappa shape index (κ2) is 17.0. The molecule has 0 radical (unpaired) electrons. The van der Waals surface area contributed by atoms with Crippen LogP contribution >= 0.6 is 0 Å². The highest BCUT2D eigenvalue weighted by Gasteiger charge is 2.19. The van der Waals surface area contributed by atoms with Crippen LogP contribution in [-0.4, -0.2) is 4.57 Å². The van der Waals surface area contributed by atoms with Crippen molar-refractivity contribution in [1.29, 1.82) is 0 Å². The van der Waals surface area contributed by atoms with Crippen LogP contribution in [0.4, 0.5) is 51.2 Å². The van der Waals surface area contributed by atoms with Gasteiger partial charge < -0.3 is 19.3 Å². The SMILES string of the molecule is c1ccc(N(c2ccccc2)c2ccc(N(c3ccc(-c4ccc(N(c5ccccc5)c5ccc6c(ccn6-c6ccccc6)c5)cc4)cc3)c3cccc4ccccc34)cc2)cc1. The molecule has 0 unspecified atom stereocenters. The molecule has 0 bridgehead atoms. The minimum Gasteiger partial charge on any atom is -0.317 e. The van der Waals surface area contributed by atoms with Crippen molar-refractivity contribution in [1.82, 2.24) is 4.57 Å². The van der Waals surface area contributed by atoms with Gasteiger partial charge in [0.15, 0.2) is 0 Å². The Morgan fingerprint density at radius 3 is 1.22 bits per heavy atom. The van der Waals surface area contributed by atoms with E-state index < -0.39 is 0 Å². The third-order valence-electron chi connectivity index (χ3n) is 12.0. The molecule has 0 spiro atoms. The molecule has 304 valence electrons. The molecule has 1 heterocycles. The van der Waals surface area contributed by atoms with Crippen molar-refractivity contribution >= 4 is 72.9 Å². The number of anilines is 9.